The van der Waals surface area contributed by atoms with Crippen molar-refractivity contribution in [2.75, 3.05) is 0 Å². The molecule has 0 aliphatic heterocycles. The average molecular weight is 342 g/mol. The van der Waals surface area contributed by atoms with Crippen molar-refractivity contribution in [3.05, 3.63) is 78.2 Å². The number of allylic oxidation sites excluding steroid dienone is 4. The van der Waals surface area contributed by atoms with Crippen LogP contribution < -0.4 is 10.3 Å². The minimum absolute atomic E-state index is 0.0976. The summed E-state index contributed by atoms with van der Waals surface area (Å²) < 4.78 is 24.6. The fraction of sp³-hybridized carbons (Fsp3) is 0. The molecule has 3 rings (SSSR count). The van der Waals surface area contributed by atoms with Crippen LogP contribution in [-0.4, -0.2) is 19.3 Å². The Hall–Kier alpha value is -2.90. The first-order valence-corrected chi connectivity index (χ1v) is 8.54. The first kappa shape index (κ1) is 16.0. The quantitative estimate of drug-likeness (QED) is 0.584. The Morgan fingerprint density at radius 3 is 2.58 bits per heavy atom. The summed E-state index contributed by atoms with van der Waals surface area (Å²) in [5.41, 5.74) is 2.52. The zero-order valence-corrected chi connectivity index (χ0v) is 13.2. The molecule has 3 N–H and O–H groups in total. The molecular weight excluding hydrogens is 328 g/mol. The van der Waals surface area contributed by atoms with Crippen molar-refractivity contribution >= 4 is 26.6 Å². The minimum atomic E-state index is -3.80. The minimum Gasteiger partial charge on any atom is -0.504 e. The highest BCUT2D eigenvalue weighted by atomic mass is 32.2. The summed E-state index contributed by atoms with van der Waals surface area (Å²) in [5, 5.41) is 11.1. The van der Waals surface area contributed by atoms with E-state index in [4.69, 9.17) is 0 Å². The van der Waals surface area contributed by atoms with Gasteiger partial charge in [0.2, 0.25) is 5.78 Å². The molecule has 1 aliphatic carbocycles. The van der Waals surface area contributed by atoms with Crippen LogP contribution in [0.4, 0.5) is 0 Å². The van der Waals surface area contributed by atoms with Crippen molar-refractivity contribution in [3.8, 4) is 0 Å². The summed E-state index contributed by atoms with van der Waals surface area (Å²) in [5.74, 6) is -0.988. The molecule has 2 aromatic carbocycles. The van der Waals surface area contributed by atoms with Gasteiger partial charge >= 0.3 is 0 Å². The molecule has 24 heavy (non-hydrogen) atoms. The molecule has 0 fully saturated rings. The van der Waals surface area contributed by atoms with E-state index < -0.39 is 21.6 Å². The van der Waals surface area contributed by atoms with Crippen LogP contribution in [0.5, 0.6) is 0 Å². The van der Waals surface area contributed by atoms with E-state index in [1.54, 1.807) is 12.1 Å². The molecule has 0 atom stereocenters. The Bertz CT molecular complexity index is 1000. The largest absolute Gasteiger partial charge is 0.504 e. The predicted octanol–water partition coefficient (Wildman–Crippen LogP) is 2.09. The van der Waals surface area contributed by atoms with Crippen LogP contribution in [0.25, 0.3) is 10.8 Å². The van der Waals surface area contributed by atoms with E-state index in [1.165, 1.54) is 30.5 Å². The van der Waals surface area contributed by atoms with E-state index in [0.29, 0.717) is 0 Å². The monoisotopic (exact) mass is 342 g/mol. The van der Waals surface area contributed by atoms with E-state index >= 15 is 0 Å². The first-order valence-electron chi connectivity index (χ1n) is 7.06. The van der Waals surface area contributed by atoms with Crippen molar-refractivity contribution in [1.29, 1.82) is 0 Å². The maximum absolute atomic E-state index is 12.3. The van der Waals surface area contributed by atoms with Gasteiger partial charge in [0.15, 0.2) is 5.76 Å². The van der Waals surface area contributed by atoms with Crippen molar-refractivity contribution in [1.82, 2.24) is 10.3 Å². The van der Waals surface area contributed by atoms with Gasteiger partial charge < -0.3 is 10.5 Å². The molecule has 2 aromatic rings. The summed E-state index contributed by atoms with van der Waals surface area (Å²) in [6, 6.07) is 12.2. The summed E-state index contributed by atoms with van der Waals surface area (Å²) >= 11 is 0. The van der Waals surface area contributed by atoms with Crippen LogP contribution in [0.15, 0.2) is 83.1 Å². The lowest BCUT2D eigenvalue weighted by atomic mass is 10.1. The molecular formula is C17H14N2O4S. The van der Waals surface area contributed by atoms with Crippen molar-refractivity contribution < 1.29 is 18.3 Å². The number of rotatable bonds is 4. The molecule has 0 heterocycles. The van der Waals surface area contributed by atoms with Gasteiger partial charge in [-0.1, -0.05) is 36.4 Å². The fourth-order valence-corrected chi connectivity index (χ4v) is 3.10. The van der Waals surface area contributed by atoms with E-state index in [2.05, 4.69) is 10.3 Å². The van der Waals surface area contributed by atoms with E-state index in [0.717, 1.165) is 10.8 Å². The SMILES string of the molecule is O=C1C(O)=CC=CC1=CNNS(=O)(=O)c1ccc2ccccc2c1. The van der Waals surface area contributed by atoms with Crippen LogP contribution >= 0.6 is 0 Å². The predicted molar refractivity (Wildman–Crippen MR) is 90.3 cm³/mol. The number of Topliss-reactive ketones (excluding diaryl/α,β-unsaturated/α-hetero) is 1. The van der Waals surface area contributed by atoms with Gasteiger partial charge in [0, 0.05) is 11.8 Å². The number of nitrogens with one attached hydrogen (secondary N) is 2. The number of carbonyl (C=O) groups is 1. The number of carbonyl (C=O) groups excluding carboxylic acids is 1. The molecule has 0 radical (unpaired) electrons. The molecule has 6 nitrogen and oxygen atoms in total. The summed E-state index contributed by atoms with van der Waals surface area (Å²) in [7, 11) is -3.80. The second-order valence-corrected chi connectivity index (χ2v) is 6.78. The van der Waals surface area contributed by atoms with E-state index in [-0.39, 0.29) is 10.5 Å². The average Bonchev–Trinajstić information content (AvgIpc) is 2.58. The van der Waals surface area contributed by atoms with E-state index in [9.17, 15) is 18.3 Å². The normalized spacial score (nSPS) is 16.4. The molecule has 0 saturated heterocycles. The molecule has 0 saturated carbocycles. The third kappa shape index (κ3) is 3.22. The van der Waals surface area contributed by atoms with Gasteiger partial charge in [-0.25, -0.2) is 8.42 Å². The molecule has 0 aromatic heterocycles. The van der Waals surface area contributed by atoms with Crippen LogP contribution in [0, 0.1) is 0 Å². The van der Waals surface area contributed by atoms with Crippen molar-refractivity contribution in [2.24, 2.45) is 0 Å². The standard InChI is InChI=1S/C17H14N2O4S/c20-16-7-3-6-14(17(16)21)11-18-19-24(22,23)15-9-8-12-4-1-2-5-13(12)10-15/h1-11,18-20H. The van der Waals surface area contributed by atoms with Crippen LogP contribution in [0.2, 0.25) is 0 Å². The first-order chi connectivity index (χ1) is 11.5. The Morgan fingerprint density at radius 1 is 1.04 bits per heavy atom. The molecule has 122 valence electrons. The molecule has 0 spiro atoms. The van der Waals surface area contributed by atoms with Crippen LogP contribution in [0.3, 0.4) is 0 Å². The number of hydrogen-bond donors (Lipinski definition) is 3. The number of hydrogen-bond acceptors (Lipinski definition) is 5. The van der Waals surface area contributed by atoms with E-state index in [1.807, 2.05) is 24.3 Å². The summed E-state index contributed by atoms with van der Waals surface area (Å²) in [4.78, 5) is 13.9. The third-order valence-corrected chi connectivity index (χ3v) is 4.74. The van der Waals surface area contributed by atoms with Gasteiger partial charge in [-0.3, -0.25) is 4.79 Å². The van der Waals surface area contributed by atoms with Crippen molar-refractivity contribution in [2.45, 2.75) is 4.90 Å². The zero-order chi connectivity index (χ0) is 17.2. The van der Waals surface area contributed by atoms with Gasteiger partial charge in [0.1, 0.15) is 0 Å². The number of ketones is 1. The number of hydrazine groups is 1. The Balaban J connectivity index is 1.77. The summed E-state index contributed by atoms with van der Waals surface area (Å²) in [6.07, 6.45) is 5.39. The molecule has 0 unspecified atom stereocenters. The lowest BCUT2D eigenvalue weighted by Crippen LogP contribution is -2.34. The molecule has 0 bridgehead atoms. The van der Waals surface area contributed by atoms with Crippen LogP contribution in [0.1, 0.15) is 0 Å². The van der Waals surface area contributed by atoms with Crippen LogP contribution in [-0.2, 0) is 14.8 Å². The zero-order valence-electron chi connectivity index (χ0n) is 12.4. The topological polar surface area (TPSA) is 95.5 Å². The second-order valence-electron chi connectivity index (χ2n) is 5.10. The van der Waals surface area contributed by atoms with Gasteiger partial charge in [0.25, 0.3) is 10.0 Å². The van der Waals surface area contributed by atoms with Gasteiger partial charge in [-0.05, 0) is 35.1 Å². The lowest BCUT2D eigenvalue weighted by Gasteiger charge is -2.09. The Labute approximate surface area is 138 Å². The molecule has 0 amide bonds. The third-order valence-electron chi connectivity index (χ3n) is 3.48. The van der Waals surface area contributed by atoms with Gasteiger partial charge in [-0.2, -0.15) is 0 Å². The Kier molecular flexibility index (Phi) is 4.20. The van der Waals surface area contributed by atoms with Gasteiger partial charge in [-0.15, -0.1) is 4.83 Å². The number of aliphatic hydroxyl groups is 1. The molecule has 7 heteroatoms. The second kappa shape index (κ2) is 6.31. The number of aliphatic hydroxyl groups excluding tert-OH is 1. The highest BCUT2D eigenvalue weighted by Crippen LogP contribution is 2.18. The maximum atomic E-state index is 12.3. The fourth-order valence-electron chi connectivity index (χ4n) is 2.23. The number of sulfonamides is 1. The highest BCUT2D eigenvalue weighted by molar-refractivity contribution is 7.89. The lowest BCUT2D eigenvalue weighted by molar-refractivity contribution is -0.114. The number of fused-ring (bicyclic) bond motifs is 1. The maximum Gasteiger partial charge on any atom is 0.257 e. The highest BCUT2D eigenvalue weighted by Gasteiger charge is 2.16. The molecule has 1 aliphatic rings. The smallest absolute Gasteiger partial charge is 0.257 e. The number of benzene rings is 2. The Morgan fingerprint density at radius 2 is 1.79 bits per heavy atom. The van der Waals surface area contributed by atoms with Gasteiger partial charge in [0.05, 0.1) is 4.90 Å². The van der Waals surface area contributed by atoms with Crippen molar-refractivity contribution in [3.63, 3.8) is 0 Å². The summed E-state index contributed by atoms with van der Waals surface area (Å²) in [6.45, 7) is 0.